The summed E-state index contributed by atoms with van der Waals surface area (Å²) in [6, 6.07) is 7.66. The molecule has 0 saturated heterocycles. The fourth-order valence-electron chi connectivity index (χ4n) is 1.83. The van der Waals surface area contributed by atoms with E-state index in [1.807, 2.05) is 31.2 Å². The SMILES string of the molecule is CCc1nc(-c2ccccc2OC)sc1/C=C/C(=O)O. The van der Waals surface area contributed by atoms with E-state index in [0.29, 0.717) is 0 Å². The molecule has 0 spiro atoms. The highest BCUT2D eigenvalue weighted by atomic mass is 32.1. The van der Waals surface area contributed by atoms with Crippen molar-refractivity contribution in [3.8, 4) is 16.3 Å². The topological polar surface area (TPSA) is 59.4 Å². The summed E-state index contributed by atoms with van der Waals surface area (Å²) < 4.78 is 5.34. The molecule has 1 aromatic carbocycles. The zero-order chi connectivity index (χ0) is 14.5. The lowest BCUT2D eigenvalue weighted by Gasteiger charge is -2.04. The normalized spacial score (nSPS) is 10.9. The lowest BCUT2D eigenvalue weighted by molar-refractivity contribution is -0.131. The summed E-state index contributed by atoms with van der Waals surface area (Å²) in [5, 5.41) is 9.56. The number of thiazole rings is 1. The van der Waals surface area contributed by atoms with E-state index in [2.05, 4.69) is 4.98 Å². The third-order valence-electron chi connectivity index (χ3n) is 2.78. The predicted octanol–water partition coefficient (Wildman–Crippen LogP) is 3.48. The number of carboxylic acid groups (broad SMARTS) is 1. The number of methoxy groups -OCH3 is 1. The standard InChI is InChI=1S/C15H15NO3S/c1-3-11-13(8-9-14(17)18)20-15(16-11)10-6-4-5-7-12(10)19-2/h4-9H,3H2,1-2H3,(H,17,18)/b9-8+. The Morgan fingerprint density at radius 3 is 2.85 bits per heavy atom. The summed E-state index contributed by atoms with van der Waals surface area (Å²) >= 11 is 1.47. The molecule has 0 radical (unpaired) electrons. The van der Waals surface area contributed by atoms with Gasteiger partial charge in [-0.15, -0.1) is 11.3 Å². The van der Waals surface area contributed by atoms with Gasteiger partial charge in [-0.2, -0.15) is 0 Å². The summed E-state index contributed by atoms with van der Waals surface area (Å²) in [4.78, 5) is 16.1. The van der Waals surface area contributed by atoms with Gasteiger partial charge in [-0.3, -0.25) is 0 Å². The number of benzene rings is 1. The molecule has 2 aromatic rings. The fourth-order valence-corrected chi connectivity index (χ4v) is 2.92. The highest BCUT2D eigenvalue weighted by Crippen LogP contribution is 2.35. The first-order valence-corrected chi connectivity index (χ1v) is 7.01. The monoisotopic (exact) mass is 289 g/mol. The minimum Gasteiger partial charge on any atom is -0.496 e. The van der Waals surface area contributed by atoms with Crippen molar-refractivity contribution in [3.63, 3.8) is 0 Å². The van der Waals surface area contributed by atoms with E-state index in [4.69, 9.17) is 9.84 Å². The first-order chi connectivity index (χ1) is 9.65. The van der Waals surface area contributed by atoms with Crippen molar-refractivity contribution in [3.05, 3.63) is 40.9 Å². The van der Waals surface area contributed by atoms with E-state index in [-0.39, 0.29) is 0 Å². The van der Waals surface area contributed by atoms with Crippen LogP contribution in [0.15, 0.2) is 30.3 Å². The highest BCUT2D eigenvalue weighted by Gasteiger charge is 2.13. The number of hydrogen-bond donors (Lipinski definition) is 1. The van der Waals surface area contributed by atoms with E-state index in [9.17, 15) is 4.79 Å². The van der Waals surface area contributed by atoms with Crippen LogP contribution in [0.4, 0.5) is 0 Å². The fraction of sp³-hybridized carbons (Fsp3) is 0.200. The van der Waals surface area contributed by atoms with Gasteiger partial charge in [0.25, 0.3) is 0 Å². The van der Waals surface area contributed by atoms with Crippen molar-refractivity contribution < 1.29 is 14.6 Å². The van der Waals surface area contributed by atoms with Crippen LogP contribution in [0.3, 0.4) is 0 Å². The first-order valence-electron chi connectivity index (χ1n) is 6.19. The van der Waals surface area contributed by atoms with Crippen molar-refractivity contribution in [2.75, 3.05) is 7.11 Å². The smallest absolute Gasteiger partial charge is 0.328 e. The van der Waals surface area contributed by atoms with Gasteiger partial charge in [0.15, 0.2) is 0 Å². The van der Waals surface area contributed by atoms with Crippen molar-refractivity contribution >= 4 is 23.4 Å². The Kier molecular flexibility index (Phi) is 4.53. The van der Waals surface area contributed by atoms with Gasteiger partial charge < -0.3 is 9.84 Å². The molecule has 0 bridgehead atoms. The van der Waals surface area contributed by atoms with Gasteiger partial charge in [0, 0.05) is 6.08 Å². The van der Waals surface area contributed by atoms with Crippen LogP contribution in [0.25, 0.3) is 16.6 Å². The van der Waals surface area contributed by atoms with Gasteiger partial charge in [-0.05, 0) is 24.6 Å². The average Bonchev–Trinajstić information content (AvgIpc) is 2.88. The van der Waals surface area contributed by atoms with Crippen molar-refractivity contribution in [2.45, 2.75) is 13.3 Å². The van der Waals surface area contributed by atoms with Crippen LogP contribution in [-0.4, -0.2) is 23.2 Å². The zero-order valence-electron chi connectivity index (χ0n) is 11.3. The van der Waals surface area contributed by atoms with Gasteiger partial charge >= 0.3 is 5.97 Å². The molecule has 0 amide bonds. The molecule has 5 heteroatoms. The molecule has 0 fully saturated rings. The van der Waals surface area contributed by atoms with Gasteiger partial charge in [0.05, 0.1) is 23.2 Å². The molecule has 1 heterocycles. The van der Waals surface area contributed by atoms with Crippen molar-refractivity contribution in [1.29, 1.82) is 0 Å². The number of aryl methyl sites for hydroxylation is 1. The predicted molar refractivity (Wildman–Crippen MR) is 80.1 cm³/mol. The van der Waals surface area contributed by atoms with E-state index < -0.39 is 5.97 Å². The summed E-state index contributed by atoms with van der Waals surface area (Å²) in [5.74, 6) is -0.197. The molecular formula is C15H15NO3S. The molecule has 0 aliphatic rings. The van der Waals surface area contributed by atoms with Crippen LogP contribution < -0.4 is 4.74 Å². The minimum absolute atomic E-state index is 0.755. The quantitative estimate of drug-likeness (QED) is 0.856. The van der Waals surface area contributed by atoms with E-state index in [1.165, 1.54) is 11.3 Å². The second kappa shape index (κ2) is 6.34. The Hall–Kier alpha value is -2.14. The van der Waals surface area contributed by atoms with Crippen LogP contribution in [0.5, 0.6) is 5.75 Å². The largest absolute Gasteiger partial charge is 0.496 e. The maximum absolute atomic E-state index is 10.6. The molecule has 0 aliphatic carbocycles. The molecule has 1 aromatic heterocycles. The lowest BCUT2D eigenvalue weighted by atomic mass is 10.2. The van der Waals surface area contributed by atoms with Crippen molar-refractivity contribution in [2.24, 2.45) is 0 Å². The maximum Gasteiger partial charge on any atom is 0.328 e. The average molecular weight is 289 g/mol. The van der Waals surface area contributed by atoms with Gasteiger partial charge in [-0.1, -0.05) is 19.1 Å². The van der Waals surface area contributed by atoms with Gasteiger partial charge in [0.1, 0.15) is 10.8 Å². The molecule has 0 atom stereocenters. The lowest BCUT2D eigenvalue weighted by Crippen LogP contribution is -1.88. The summed E-state index contributed by atoms with van der Waals surface area (Å²) in [6.45, 7) is 2.00. The molecule has 0 saturated carbocycles. The number of carboxylic acids is 1. The van der Waals surface area contributed by atoms with Gasteiger partial charge in [0.2, 0.25) is 0 Å². The third-order valence-corrected chi connectivity index (χ3v) is 3.87. The van der Waals surface area contributed by atoms with E-state index >= 15 is 0 Å². The van der Waals surface area contributed by atoms with Gasteiger partial charge in [-0.25, -0.2) is 9.78 Å². The number of ether oxygens (including phenoxy) is 1. The molecule has 0 aliphatic heterocycles. The maximum atomic E-state index is 10.6. The van der Waals surface area contributed by atoms with E-state index in [0.717, 1.165) is 39.4 Å². The van der Waals surface area contributed by atoms with E-state index in [1.54, 1.807) is 13.2 Å². The highest BCUT2D eigenvalue weighted by molar-refractivity contribution is 7.16. The Labute approximate surface area is 121 Å². The molecule has 0 unspecified atom stereocenters. The summed E-state index contributed by atoms with van der Waals surface area (Å²) in [6.07, 6.45) is 3.49. The summed E-state index contributed by atoms with van der Waals surface area (Å²) in [5.41, 5.74) is 1.82. The number of para-hydroxylation sites is 1. The number of aromatic nitrogens is 1. The van der Waals surface area contributed by atoms with Crippen LogP contribution in [-0.2, 0) is 11.2 Å². The summed E-state index contributed by atoms with van der Waals surface area (Å²) in [7, 11) is 1.62. The Morgan fingerprint density at radius 2 is 2.20 bits per heavy atom. The van der Waals surface area contributed by atoms with Crippen LogP contribution >= 0.6 is 11.3 Å². The minimum atomic E-state index is -0.959. The molecular weight excluding hydrogens is 274 g/mol. The van der Waals surface area contributed by atoms with Crippen molar-refractivity contribution in [1.82, 2.24) is 4.98 Å². The second-order valence-electron chi connectivity index (χ2n) is 4.06. The molecule has 20 heavy (non-hydrogen) atoms. The van der Waals surface area contributed by atoms with Crippen LogP contribution in [0.1, 0.15) is 17.5 Å². The third kappa shape index (κ3) is 3.05. The zero-order valence-corrected chi connectivity index (χ0v) is 12.1. The number of carbonyl (C=O) groups is 1. The first kappa shape index (κ1) is 14.3. The number of nitrogens with zero attached hydrogens (tertiary/aromatic N) is 1. The van der Waals surface area contributed by atoms with Crippen LogP contribution in [0.2, 0.25) is 0 Å². The molecule has 1 N–H and O–H groups in total. The molecule has 4 nitrogen and oxygen atoms in total. The Bertz CT molecular complexity index is 646. The molecule has 104 valence electrons. The van der Waals surface area contributed by atoms with Crippen LogP contribution in [0, 0.1) is 0 Å². The second-order valence-corrected chi connectivity index (χ2v) is 5.09. The Morgan fingerprint density at radius 1 is 1.45 bits per heavy atom. The number of rotatable bonds is 5. The Balaban J connectivity index is 2.46. The number of hydrogen-bond acceptors (Lipinski definition) is 4. The molecule has 2 rings (SSSR count). The number of aliphatic carboxylic acids is 1.